The first-order valence-corrected chi connectivity index (χ1v) is 13.4. The van der Waals surface area contributed by atoms with E-state index in [4.69, 9.17) is 20.9 Å². The van der Waals surface area contributed by atoms with Gasteiger partial charge in [0.1, 0.15) is 5.75 Å². The lowest BCUT2D eigenvalue weighted by atomic mass is 9.96. The molecule has 0 saturated carbocycles. The topological polar surface area (TPSA) is 80.5 Å². The summed E-state index contributed by atoms with van der Waals surface area (Å²) in [5, 5.41) is 7.98. The van der Waals surface area contributed by atoms with E-state index in [1.165, 1.54) is 5.56 Å². The molecule has 0 spiro atoms. The van der Waals surface area contributed by atoms with Gasteiger partial charge in [-0.05, 0) is 80.1 Å². The number of ether oxygens (including phenoxy) is 1. The smallest absolute Gasteiger partial charge is 0.241 e. The van der Waals surface area contributed by atoms with Gasteiger partial charge in [0.25, 0.3) is 0 Å². The lowest BCUT2D eigenvalue weighted by molar-refractivity contribution is -0.126. The number of hydrogen-bond donors (Lipinski definition) is 1. The van der Waals surface area contributed by atoms with Gasteiger partial charge in [0.2, 0.25) is 17.6 Å². The molecule has 3 aromatic rings. The van der Waals surface area contributed by atoms with E-state index in [9.17, 15) is 4.79 Å². The van der Waals surface area contributed by atoms with Crippen LogP contribution in [0.15, 0.2) is 53.1 Å². The van der Waals surface area contributed by atoms with Crippen LogP contribution in [-0.2, 0) is 17.1 Å². The van der Waals surface area contributed by atoms with Gasteiger partial charge in [0.05, 0.1) is 13.7 Å². The quantitative estimate of drug-likeness (QED) is 0.358. The first kappa shape index (κ1) is 25.5. The fourth-order valence-corrected chi connectivity index (χ4v) is 5.07. The van der Waals surface area contributed by atoms with E-state index < -0.39 is 0 Å². The summed E-state index contributed by atoms with van der Waals surface area (Å²) in [6.45, 7) is 3.01. The number of nitrogens with one attached hydrogen (secondary N) is 1. The van der Waals surface area contributed by atoms with Gasteiger partial charge in [-0.1, -0.05) is 28.9 Å². The van der Waals surface area contributed by atoms with Crippen molar-refractivity contribution < 1.29 is 14.1 Å². The van der Waals surface area contributed by atoms with Crippen molar-refractivity contribution in [2.24, 2.45) is 5.92 Å². The maximum absolute atomic E-state index is 12.6. The molecule has 0 unspecified atom stereocenters. The van der Waals surface area contributed by atoms with Crippen molar-refractivity contribution in [3.63, 3.8) is 0 Å². The van der Waals surface area contributed by atoms with Gasteiger partial charge in [0.15, 0.2) is 0 Å². The Balaban J connectivity index is 1.11. The number of carbonyl (C=O) groups excluding carboxylic acids is 1. The molecule has 0 radical (unpaired) electrons. The minimum atomic E-state index is 0.0746. The van der Waals surface area contributed by atoms with Gasteiger partial charge in [-0.15, -0.1) is 0 Å². The molecule has 1 aliphatic heterocycles. The van der Waals surface area contributed by atoms with Crippen LogP contribution in [0, 0.1) is 5.92 Å². The van der Waals surface area contributed by atoms with E-state index >= 15 is 0 Å². The number of benzene rings is 2. The Bertz CT molecular complexity index is 1070. The number of thioether (sulfide) groups is 1. The Morgan fingerprint density at radius 1 is 1.17 bits per heavy atom. The van der Waals surface area contributed by atoms with E-state index in [0.717, 1.165) is 66.7 Å². The number of aromatic nitrogens is 2. The number of hydrogen-bond acceptors (Lipinski definition) is 7. The van der Waals surface area contributed by atoms with Crippen LogP contribution < -0.4 is 10.1 Å². The Morgan fingerprint density at radius 2 is 1.91 bits per heavy atom. The molecule has 4 rings (SSSR count). The molecule has 2 heterocycles. The van der Waals surface area contributed by atoms with E-state index in [-0.39, 0.29) is 11.8 Å². The predicted octanol–water partition coefficient (Wildman–Crippen LogP) is 5.05. The summed E-state index contributed by atoms with van der Waals surface area (Å²) < 4.78 is 10.6. The molecule has 35 heavy (non-hydrogen) atoms. The summed E-state index contributed by atoms with van der Waals surface area (Å²) in [7, 11) is 1.64. The molecular formula is C26H31ClN4O3S. The van der Waals surface area contributed by atoms with Crippen LogP contribution in [0.3, 0.4) is 0 Å². The third-order valence-corrected chi connectivity index (χ3v) is 7.45. The zero-order chi connectivity index (χ0) is 24.5. The summed E-state index contributed by atoms with van der Waals surface area (Å²) in [6.07, 6.45) is 2.66. The molecule has 7 nitrogen and oxygen atoms in total. The Hall–Kier alpha value is -2.55. The molecule has 1 N–H and O–H groups in total. The second-order valence-electron chi connectivity index (χ2n) is 8.61. The highest BCUT2D eigenvalue weighted by Gasteiger charge is 2.25. The van der Waals surface area contributed by atoms with Crippen molar-refractivity contribution in [1.82, 2.24) is 20.4 Å². The van der Waals surface area contributed by atoms with Crippen LogP contribution in [0.4, 0.5) is 0 Å². The molecule has 1 aromatic heterocycles. The number of rotatable bonds is 11. The number of likely N-dealkylation sites (tertiary alicyclic amines) is 1. The highest BCUT2D eigenvalue weighted by atomic mass is 35.5. The molecule has 2 aromatic carbocycles. The molecule has 1 amide bonds. The number of nitrogens with zero attached hydrogens (tertiary/aromatic N) is 3. The molecule has 1 aliphatic rings. The maximum Gasteiger partial charge on any atom is 0.241 e. The van der Waals surface area contributed by atoms with Crippen LogP contribution in [0.2, 0.25) is 5.02 Å². The Kier molecular flexibility index (Phi) is 9.45. The standard InChI is InChI=1S/C26H31ClN4O3S/c1-33-23-9-5-20(6-10-23)25-29-24(34-30-25)17-31-14-11-21(12-15-31)26(32)28-13-2-16-35-18-19-3-7-22(27)8-4-19/h3-10,21H,2,11-18H2,1H3,(H,28,32). The van der Waals surface area contributed by atoms with Crippen LogP contribution in [-0.4, -0.2) is 53.4 Å². The largest absolute Gasteiger partial charge is 0.497 e. The zero-order valence-electron chi connectivity index (χ0n) is 19.9. The summed E-state index contributed by atoms with van der Waals surface area (Å²) >= 11 is 7.80. The van der Waals surface area contributed by atoms with Crippen molar-refractivity contribution in [2.45, 2.75) is 31.6 Å². The van der Waals surface area contributed by atoms with E-state index in [1.54, 1.807) is 7.11 Å². The van der Waals surface area contributed by atoms with Crippen molar-refractivity contribution in [2.75, 3.05) is 32.5 Å². The SMILES string of the molecule is COc1ccc(-c2noc(CN3CCC(C(=O)NCCCSCc4ccc(Cl)cc4)CC3)n2)cc1. The molecule has 0 atom stereocenters. The number of halogens is 1. The first-order chi connectivity index (χ1) is 17.1. The van der Waals surface area contributed by atoms with Gasteiger partial charge in [-0.2, -0.15) is 16.7 Å². The van der Waals surface area contributed by atoms with E-state index in [2.05, 4.69) is 32.5 Å². The molecule has 0 aliphatic carbocycles. The maximum atomic E-state index is 12.6. The highest BCUT2D eigenvalue weighted by Crippen LogP contribution is 2.22. The van der Waals surface area contributed by atoms with Gasteiger partial charge >= 0.3 is 0 Å². The van der Waals surface area contributed by atoms with E-state index in [0.29, 0.717) is 18.3 Å². The Morgan fingerprint density at radius 3 is 2.63 bits per heavy atom. The summed E-state index contributed by atoms with van der Waals surface area (Å²) in [5.41, 5.74) is 2.16. The molecule has 186 valence electrons. The van der Waals surface area contributed by atoms with E-state index in [1.807, 2.05) is 48.2 Å². The van der Waals surface area contributed by atoms with Crippen LogP contribution in [0.25, 0.3) is 11.4 Å². The number of piperidine rings is 1. The fraction of sp³-hybridized carbons (Fsp3) is 0.423. The first-order valence-electron chi connectivity index (χ1n) is 11.9. The molecule has 1 saturated heterocycles. The molecule has 9 heteroatoms. The second-order valence-corrected chi connectivity index (χ2v) is 10.2. The van der Waals surface area contributed by atoms with Gasteiger partial charge in [0, 0.05) is 28.8 Å². The van der Waals surface area contributed by atoms with Crippen molar-refractivity contribution in [1.29, 1.82) is 0 Å². The van der Waals surface area contributed by atoms with Gasteiger partial charge in [-0.25, -0.2) is 0 Å². The van der Waals surface area contributed by atoms with Crippen LogP contribution >= 0.6 is 23.4 Å². The molecule has 1 fully saturated rings. The Labute approximate surface area is 215 Å². The minimum absolute atomic E-state index is 0.0746. The van der Waals surface area contributed by atoms with Crippen molar-refractivity contribution >= 4 is 29.3 Å². The third-order valence-electron chi connectivity index (χ3n) is 6.08. The van der Waals surface area contributed by atoms with Crippen LogP contribution in [0.5, 0.6) is 5.75 Å². The second kappa shape index (κ2) is 13.0. The average Bonchev–Trinajstić information content (AvgIpc) is 3.36. The summed E-state index contributed by atoms with van der Waals surface area (Å²) in [5.74, 6) is 4.18. The lowest BCUT2D eigenvalue weighted by Crippen LogP contribution is -2.40. The number of carbonyl (C=O) groups is 1. The predicted molar refractivity (Wildman–Crippen MR) is 140 cm³/mol. The molecule has 0 bridgehead atoms. The average molecular weight is 515 g/mol. The van der Waals surface area contributed by atoms with Crippen molar-refractivity contribution in [3.05, 3.63) is 65.0 Å². The zero-order valence-corrected chi connectivity index (χ0v) is 21.5. The monoisotopic (exact) mass is 514 g/mol. The number of methoxy groups -OCH3 is 1. The summed E-state index contributed by atoms with van der Waals surface area (Å²) in [6, 6.07) is 15.5. The van der Waals surface area contributed by atoms with Gasteiger partial charge < -0.3 is 14.6 Å². The normalized spacial score (nSPS) is 14.7. The van der Waals surface area contributed by atoms with Crippen LogP contribution in [0.1, 0.15) is 30.7 Å². The highest BCUT2D eigenvalue weighted by molar-refractivity contribution is 7.98. The summed E-state index contributed by atoms with van der Waals surface area (Å²) in [4.78, 5) is 19.3. The van der Waals surface area contributed by atoms with Crippen molar-refractivity contribution in [3.8, 4) is 17.1 Å². The minimum Gasteiger partial charge on any atom is -0.497 e. The lowest BCUT2D eigenvalue weighted by Gasteiger charge is -2.30. The molecular weight excluding hydrogens is 484 g/mol. The fourth-order valence-electron chi connectivity index (χ4n) is 4.02. The third kappa shape index (κ3) is 7.72. The van der Waals surface area contributed by atoms with Gasteiger partial charge in [-0.3, -0.25) is 9.69 Å². The number of amides is 1.